The van der Waals surface area contributed by atoms with Crippen LogP contribution in [0.15, 0.2) is 72.4 Å². The SMILES string of the molecule is N#CC(=Cc1cn(-c2ccccc2)nc1C(=O)c1ccccc1)C(N)=S. The molecule has 3 aromatic rings. The molecule has 3 rings (SSSR count). The predicted molar refractivity (Wildman–Crippen MR) is 104 cm³/mol. The first-order valence-corrected chi connectivity index (χ1v) is 8.17. The molecule has 0 spiro atoms. The Balaban J connectivity index is 2.15. The molecule has 2 aromatic carbocycles. The van der Waals surface area contributed by atoms with E-state index in [1.165, 1.54) is 6.08 Å². The zero-order chi connectivity index (χ0) is 18.5. The number of carbonyl (C=O) groups is 1. The summed E-state index contributed by atoms with van der Waals surface area (Å²) < 4.78 is 1.59. The van der Waals surface area contributed by atoms with Gasteiger partial charge in [0, 0.05) is 17.3 Å². The van der Waals surface area contributed by atoms with Crippen LogP contribution < -0.4 is 5.73 Å². The van der Waals surface area contributed by atoms with Crippen molar-refractivity contribution in [3.8, 4) is 11.8 Å². The van der Waals surface area contributed by atoms with E-state index in [1.54, 1.807) is 35.1 Å². The van der Waals surface area contributed by atoms with Crippen LogP contribution in [0.25, 0.3) is 11.8 Å². The van der Waals surface area contributed by atoms with Gasteiger partial charge >= 0.3 is 0 Å². The Kier molecular flexibility index (Phi) is 5.02. The predicted octanol–water partition coefficient (Wildman–Crippen LogP) is 3.30. The number of para-hydroxylation sites is 1. The quantitative estimate of drug-likeness (QED) is 0.327. The molecular formula is C20H14N4OS. The highest BCUT2D eigenvalue weighted by molar-refractivity contribution is 7.80. The van der Waals surface area contributed by atoms with Crippen LogP contribution in [0.2, 0.25) is 0 Å². The van der Waals surface area contributed by atoms with E-state index in [1.807, 2.05) is 42.5 Å². The molecule has 0 aliphatic carbocycles. The van der Waals surface area contributed by atoms with Crippen molar-refractivity contribution in [3.63, 3.8) is 0 Å². The van der Waals surface area contributed by atoms with E-state index in [-0.39, 0.29) is 22.0 Å². The van der Waals surface area contributed by atoms with Crippen molar-refractivity contribution in [3.05, 3.63) is 89.3 Å². The van der Waals surface area contributed by atoms with Crippen LogP contribution in [0, 0.1) is 11.3 Å². The van der Waals surface area contributed by atoms with Crippen LogP contribution in [0.5, 0.6) is 0 Å². The second-order valence-electron chi connectivity index (χ2n) is 5.44. The first-order chi connectivity index (χ1) is 12.6. The molecule has 0 aliphatic heterocycles. The normalized spacial score (nSPS) is 11.0. The van der Waals surface area contributed by atoms with Gasteiger partial charge in [-0.3, -0.25) is 4.79 Å². The van der Waals surface area contributed by atoms with E-state index in [0.717, 1.165) is 5.69 Å². The molecule has 0 atom stereocenters. The number of aromatic nitrogens is 2. The zero-order valence-corrected chi connectivity index (χ0v) is 14.5. The molecule has 0 amide bonds. The van der Waals surface area contributed by atoms with Crippen LogP contribution in [-0.4, -0.2) is 20.6 Å². The number of thiocarbonyl (C=S) groups is 1. The molecule has 0 saturated heterocycles. The third-order valence-electron chi connectivity index (χ3n) is 3.70. The number of ketones is 1. The summed E-state index contributed by atoms with van der Waals surface area (Å²) in [6.45, 7) is 0. The number of nitriles is 1. The van der Waals surface area contributed by atoms with Gasteiger partial charge in [0.15, 0.2) is 0 Å². The highest BCUT2D eigenvalue weighted by Crippen LogP contribution is 2.19. The number of nitrogens with zero attached hydrogens (tertiary/aromatic N) is 3. The van der Waals surface area contributed by atoms with Crippen molar-refractivity contribution in [1.82, 2.24) is 9.78 Å². The summed E-state index contributed by atoms with van der Waals surface area (Å²) in [7, 11) is 0. The molecule has 2 N–H and O–H groups in total. The number of benzene rings is 2. The van der Waals surface area contributed by atoms with E-state index in [4.69, 9.17) is 18.0 Å². The minimum Gasteiger partial charge on any atom is -0.389 e. The number of carbonyl (C=O) groups excluding carboxylic acids is 1. The Morgan fingerprint density at radius 1 is 1.12 bits per heavy atom. The Hall–Kier alpha value is -3.56. The van der Waals surface area contributed by atoms with Crippen LogP contribution in [-0.2, 0) is 0 Å². The number of hydrogen-bond acceptors (Lipinski definition) is 4. The molecule has 0 bridgehead atoms. The lowest BCUT2D eigenvalue weighted by Crippen LogP contribution is -2.10. The molecule has 1 heterocycles. The molecule has 1 aromatic heterocycles. The van der Waals surface area contributed by atoms with Crippen molar-refractivity contribution < 1.29 is 4.79 Å². The maximum atomic E-state index is 12.9. The summed E-state index contributed by atoms with van der Waals surface area (Å²) >= 11 is 4.89. The van der Waals surface area contributed by atoms with Gasteiger partial charge in [-0.05, 0) is 18.2 Å². The van der Waals surface area contributed by atoms with Crippen molar-refractivity contribution in [2.45, 2.75) is 0 Å². The van der Waals surface area contributed by atoms with Gasteiger partial charge in [-0.25, -0.2) is 4.68 Å². The van der Waals surface area contributed by atoms with Crippen LogP contribution in [0.4, 0.5) is 0 Å². The Morgan fingerprint density at radius 2 is 1.73 bits per heavy atom. The molecule has 0 aliphatic rings. The second-order valence-corrected chi connectivity index (χ2v) is 5.88. The van der Waals surface area contributed by atoms with Gasteiger partial charge < -0.3 is 5.73 Å². The van der Waals surface area contributed by atoms with Crippen molar-refractivity contribution in [2.24, 2.45) is 5.73 Å². The summed E-state index contributed by atoms with van der Waals surface area (Å²) in [6.07, 6.45) is 3.17. The maximum Gasteiger partial charge on any atom is 0.213 e. The molecule has 6 heteroatoms. The largest absolute Gasteiger partial charge is 0.389 e. The summed E-state index contributed by atoms with van der Waals surface area (Å²) in [5, 5.41) is 13.7. The molecule has 126 valence electrons. The average molecular weight is 358 g/mol. The molecule has 0 saturated carbocycles. The monoisotopic (exact) mass is 358 g/mol. The Labute approximate surface area is 156 Å². The lowest BCUT2D eigenvalue weighted by Gasteiger charge is -2.00. The average Bonchev–Trinajstić information content (AvgIpc) is 3.10. The van der Waals surface area contributed by atoms with Gasteiger partial charge in [-0.2, -0.15) is 10.4 Å². The fraction of sp³-hybridized carbons (Fsp3) is 0. The van der Waals surface area contributed by atoms with Gasteiger partial charge in [0.05, 0.1) is 11.3 Å². The lowest BCUT2D eigenvalue weighted by molar-refractivity contribution is 0.103. The molecule has 5 nitrogen and oxygen atoms in total. The topological polar surface area (TPSA) is 84.7 Å². The minimum absolute atomic E-state index is 0.0296. The van der Waals surface area contributed by atoms with Gasteiger partial charge in [0.2, 0.25) is 5.78 Å². The summed E-state index contributed by atoms with van der Waals surface area (Å²) in [4.78, 5) is 12.9. The van der Waals surface area contributed by atoms with Crippen LogP contribution in [0.3, 0.4) is 0 Å². The number of hydrogen-bond donors (Lipinski definition) is 1. The van der Waals surface area contributed by atoms with Crippen LogP contribution >= 0.6 is 12.2 Å². The first kappa shape index (κ1) is 17.3. The molecule has 26 heavy (non-hydrogen) atoms. The molecule has 0 unspecified atom stereocenters. The van der Waals surface area contributed by atoms with Gasteiger partial charge in [-0.1, -0.05) is 60.7 Å². The standard InChI is InChI=1S/C20H14N4OS/c21-12-15(20(22)26)11-16-13-24(17-9-5-2-6-10-17)23-18(16)19(25)14-7-3-1-4-8-14/h1-11,13H,(H2,22,26). The Morgan fingerprint density at radius 3 is 2.31 bits per heavy atom. The first-order valence-electron chi connectivity index (χ1n) is 7.76. The minimum atomic E-state index is -0.244. The van der Waals surface area contributed by atoms with E-state index < -0.39 is 0 Å². The third-order valence-corrected chi connectivity index (χ3v) is 3.92. The molecule has 0 radical (unpaired) electrons. The number of rotatable bonds is 5. The van der Waals surface area contributed by atoms with Crippen molar-refractivity contribution >= 4 is 29.1 Å². The van der Waals surface area contributed by atoms with E-state index in [9.17, 15) is 10.1 Å². The highest BCUT2D eigenvalue weighted by Gasteiger charge is 2.18. The molecular weight excluding hydrogens is 344 g/mol. The highest BCUT2D eigenvalue weighted by atomic mass is 32.1. The van der Waals surface area contributed by atoms with Crippen molar-refractivity contribution in [2.75, 3.05) is 0 Å². The van der Waals surface area contributed by atoms with E-state index >= 15 is 0 Å². The fourth-order valence-electron chi connectivity index (χ4n) is 2.42. The van der Waals surface area contributed by atoms with Gasteiger partial charge in [-0.15, -0.1) is 0 Å². The van der Waals surface area contributed by atoms with E-state index in [2.05, 4.69) is 5.10 Å². The van der Waals surface area contributed by atoms with Gasteiger partial charge in [0.25, 0.3) is 0 Å². The number of nitrogens with two attached hydrogens (primary N) is 1. The van der Waals surface area contributed by atoms with E-state index in [0.29, 0.717) is 11.1 Å². The third kappa shape index (κ3) is 3.58. The lowest BCUT2D eigenvalue weighted by atomic mass is 10.0. The second kappa shape index (κ2) is 7.55. The fourth-order valence-corrected chi connectivity index (χ4v) is 2.53. The van der Waals surface area contributed by atoms with Gasteiger partial charge in [0.1, 0.15) is 16.8 Å². The Bertz CT molecular complexity index is 1030. The zero-order valence-electron chi connectivity index (χ0n) is 13.7. The van der Waals surface area contributed by atoms with Crippen LogP contribution in [0.1, 0.15) is 21.6 Å². The maximum absolute atomic E-state index is 12.9. The summed E-state index contributed by atoms with van der Waals surface area (Å²) in [6, 6.07) is 20.2. The van der Waals surface area contributed by atoms with Crippen molar-refractivity contribution in [1.29, 1.82) is 5.26 Å². The molecule has 0 fully saturated rings. The summed E-state index contributed by atoms with van der Waals surface area (Å²) in [5.74, 6) is -0.244. The smallest absolute Gasteiger partial charge is 0.213 e. The summed E-state index contributed by atoms with van der Waals surface area (Å²) in [5.41, 5.74) is 7.71.